The number of nitrogens with zero attached hydrogens (tertiary/aromatic N) is 8. The highest BCUT2D eigenvalue weighted by atomic mass is 32.2. The lowest BCUT2D eigenvalue weighted by Crippen LogP contribution is -2.57. The number of anilines is 3. The van der Waals surface area contributed by atoms with E-state index in [-0.39, 0.29) is 22.3 Å². The van der Waals surface area contributed by atoms with Crippen LogP contribution < -0.4 is 25.0 Å². The lowest BCUT2D eigenvalue weighted by Gasteiger charge is -2.47. The fourth-order valence-electron chi connectivity index (χ4n) is 6.90. The van der Waals surface area contributed by atoms with E-state index in [1.54, 1.807) is 18.5 Å². The van der Waals surface area contributed by atoms with Crippen molar-refractivity contribution in [3.63, 3.8) is 0 Å². The molecule has 0 amide bonds. The summed E-state index contributed by atoms with van der Waals surface area (Å²) in [5.41, 5.74) is 8.39. The molecule has 4 aliphatic heterocycles. The summed E-state index contributed by atoms with van der Waals surface area (Å²) in [5.74, 6) is 1.77. The van der Waals surface area contributed by atoms with Crippen LogP contribution in [0.1, 0.15) is 53.8 Å². The third-order valence-corrected chi connectivity index (χ3v) is 11.9. The summed E-state index contributed by atoms with van der Waals surface area (Å²) in [6.07, 6.45) is 4.74. The summed E-state index contributed by atoms with van der Waals surface area (Å²) >= 11 is 3.35. The molecule has 0 bridgehead atoms. The van der Waals surface area contributed by atoms with Crippen molar-refractivity contribution in [2.75, 3.05) is 55.4 Å². The minimum absolute atomic E-state index is 0.165. The molecule has 11 nitrogen and oxygen atoms in total. The summed E-state index contributed by atoms with van der Waals surface area (Å²) < 4.78 is 21.5. The zero-order chi connectivity index (χ0) is 29.2. The van der Waals surface area contributed by atoms with Gasteiger partial charge in [-0.15, -0.1) is 23.1 Å². The smallest absolute Gasteiger partial charge is 0.323 e. The second kappa shape index (κ2) is 10.1. The molecule has 7 heterocycles. The van der Waals surface area contributed by atoms with Gasteiger partial charge in [0.05, 0.1) is 21.9 Å². The highest BCUT2D eigenvalue weighted by molar-refractivity contribution is 8.00. The molecule has 3 atom stereocenters. The Morgan fingerprint density at radius 1 is 1.38 bits per heavy atom. The SMILES string of the molecule is CC(c1ccc[n+](O)c1)N(C)c1nc(OCC23CCCN2C[C@H](F)C3)nc(N2CC3(C2)SCc2sc(N)c(C#N)c23)n1. The number of thioether (sulfide) groups is 1. The van der Waals surface area contributed by atoms with Crippen molar-refractivity contribution in [3.05, 3.63) is 46.1 Å². The average molecular weight is 611 g/mol. The molecule has 3 fully saturated rings. The van der Waals surface area contributed by atoms with Crippen LogP contribution in [0.5, 0.6) is 6.01 Å². The first-order valence-corrected chi connectivity index (χ1v) is 15.9. The summed E-state index contributed by atoms with van der Waals surface area (Å²) in [6.45, 7) is 4.94. The van der Waals surface area contributed by atoms with E-state index in [0.717, 1.165) is 41.0 Å². The topological polar surface area (TPSA) is 132 Å². The van der Waals surface area contributed by atoms with Gasteiger partial charge in [0, 0.05) is 65.7 Å². The molecule has 0 aromatic carbocycles. The summed E-state index contributed by atoms with van der Waals surface area (Å²) in [5, 5.41) is 20.3. The first kappa shape index (κ1) is 27.4. The van der Waals surface area contributed by atoms with Crippen molar-refractivity contribution in [2.24, 2.45) is 0 Å². The van der Waals surface area contributed by atoms with Gasteiger partial charge in [-0.1, -0.05) is 0 Å². The van der Waals surface area contributed by atoms with Crippen molar-refractivity contribution in [1.29, 1.82) is 5.26 Å². The molecule has 220 valence electrons. The van der Waals surface area contributed by atoms with Crippen LogP contribution in [0.3, 0.4) is 0 Å². The van der Waals surface area contributed by atoms with Crippen molar-refractivity contribution in [3.8, 4) is 12.1 Å². The van der Waals surface area contributed by atoms with Crippen LogP contribution in [0, 0.1) is 11.3 Å². The molecule has 1 spiro atoms. The standard InChI is InChI=1S/C28H33FN9O2S2/c1-17(18-5-3-8-38(39)11-18)35(2)24-32-25(34-26(33-24)40-16-27-6-4-7-37(27)12-19(29)9-27)36-14-28(15-36)22-20(10-30)23(31)42-21(22)13-41-28/h3,5,8,11,17,19,39H,4,6-7,9,12-16,31H2,1-2H3/q+1/t17?,19-,27?/m1/s1. The summed E-state index contributed by atoms with van der Waals surface area (Å²) in [6, 6.07) is 6.07. The zero-order valence-electron chi connectivity index (χ0n) is 23.5. The molecule has 3 N–H and O–H groups in total. The number of hydrogen-bond acceptors (Lipinski definition) is 12. The number of alkyl halides is 1. The van der Waals surface area contributed by atoms with E-state index in [9.17, 15) is 14.9 Å². The van der Waals surface area contributed by atoms with E-state index in [1.807, 2.05) is 36.7 Å². The van der Waals surface area contributed by atoms with Crippen LogP contribution in [-0.4, -0.2) is 76.6 Å². The number of hydrogen-bond donors (Lipinski definition) is 2. The fourth-order valence-corrected chi connectivity index (χ4v) is 9.71. The molecular weight excluding hydrogens is 578 g/mol. The van der Waals surface area contributed by atoms with Crippen LogP contribution in [-0.2, 0) is 10.5 Å². The lowest BCUT2D eigenvalue weighted by molar-refractivity contribution is -0.905. The molecule has 14 heteroatoms. The number of halogens is 1. The molecule has 7 rings (SSSR count). The van der Waals surface area contributed by atoms with Gasteiger partial charge >= 0.3 is 6.01 Å². The number of rotatable bonds is 7. The average Bonchev–Trinajstić information content (AvgIpc) is 3.68. The first-order chi connectivity index (χ1) is 20.2. The molecule has 4 aliphatic rings. The Bertz CT molecular complexity index is 1580. The molecule has 0 radical (unpaired) electrons. The molecule has 42 heavy (non-hydrogen) atoms. The quantitative estimate of drug-likeness (QED) is 0.302. The Morgan fingerprint density at radius 2 is 2.21 bits per heavy atom. The number of fused-ring (bicyclic) bond motifs is 3. The number of ether oxygens (including phenoxy) is 1. The Kier molecular flexibility index (Phi) is 6.59. The van der Waals surface area contributed by atoms with Gasteiger partial charge in [0.2, 0.25) is 24.3 Å². The van der Waals surface area contributed by atoms with Gasteiger partial charge < -0.3 is 20.3 Å². The Hall–Kier alpha value is -3.41. The van der Waals surface area contributed by atoms with Crippen LogP contribution in [0.4, 0.5) is 21.3 Å². The first-order valence-electron chi connectivity index (χ1n) is 14.1. The molecule has 3 aromatic rings. The maximum Gasteiger partial charge on any atom is 0.323 e. The maximum atomic E-state index is 14.4. The number of nitriles is 1. The van der Waals surface area contributed by atoms with Crippen LogP contribution >= 0.6 is 23.1 Å². The van der Waals surface area contributed by atoms with E-state index in [4.69, 9.17) is 25.4 Å². The molecule has 0 aliphatic carbocycles. The molecule has 0 saturated carbocycles. The van der Waals surface area contributed by atoms with Crippen molar-refractivity contribution >= 4 is 40.0 Å². The normalized spacial score (nSPS) is 24.7. The maximum absolute atomic E-state index is 14.4. The van der Waals surface area contributed by atoms with Gasteiger partial charge in [-0.2, -0.15) is 20.2 Å². The van der Waals surface area contributed by atoms with E-state index in [2.05, 4.69) is 15.9 Å². The van der Waals surface area contributed by atoms with E-state index in [1.165, 1.54) is 16.2 Å². The minimum Gasteiger partial charge on any atom is -0.461 e. The van der Waals surface area contributed by atoms with Gasteiger partial charge in [0.1, 0.15) is 23.8 Å². The summed E-state index contributed by atoms with van der Waals surface area (Å²) in [7, 11) is 1.90. The highest BCUT2D eigenvalue weighted by Gasteiger charge is 2.53. The van der Waals surface area contributed by atoms with Gasteiger partial charge in [0.25, 0.3) is 0 Å². The van der Waals surface area contributed by atoms with Crippen molar-refractivity contribution in [2.45, 2.75) is 54.4 Å². The largest absolute Gasteiger partial charge is 0.461 e. The zero-order valence-corrected chi connectivity index (χ0v) is 25.2. The number of nitrogen functional groups attached to an aromatic ring is 1. The Balaban J connectivity index is 1.18. The van der Waals surface area contributed by atoms with Crippen LogP contribution in [0.15, 0.2) is 24.5 Å². The molecular formula is C28H33FN9O2S2+. The van der Waals surface area contributed by atoms with E-state index < -0.39 is 6.17 Å². The van der Waals surface area contributed by atoms with E-state index in [0.29, 0.717) is 55.1 Å². The van der Waals surface area contributed by atoms with Crippen molar-refractivity contribution in [1.82, 2.24) is 19.9 Å². The Labute approximate surface area is 251 Å². The van der Waals surface area contributed by atoms with Gasteiger partial charge in [-0.3, -0.25) is 10.1 Å². The summed E-state index contributed by atoms with van der Waals surface area (Å²) in [4.78, 5) is 21.7. The fraction of sp³-hybridized carbons (Fsp3) is 0.536. The molecule has 3 aromatic heterocycles. The lowest BCUT2D eigenvalue weighted by atomic mass is 9.88. The highest BCUT2D eigenvalue weighted by Crippen LogP contribution is 2.57. The van der Waals surface area contributed by atoms with Crippen LogP contribution in [0.2, 0.25) is 0 Å². The number of pyridine rings is 1. The van der Waals surface area contributed by atoms with Crippen LogP contribution in [0.25, 0.3) is 0 Å². The van der Waals surface area contributed by atoms with E-state index >= 15 is 0 Å². The third-order valence-electron chi connectivity index (χ3n) is 9.24. The second-order valence-corrected chi connectivity index (χ2v) is 14.3. The van der Waals surface area contributed by atoms with Gasteiger partial charge in [-0.05, 0) is 32.4 Å². The Morgan fingerprint density at radius 3 is 3.00 bits per heavy atom. The van der Waals surface area contributed by atoms with Gasteiger partial charge in [-0.25, -0.2) is 4.39 Å². The predicted octanol–water partition coefficient (Wildman–Crippen LogP) is 3.03. The third kappa shape index (κ3) is 4.40. The minimum atomic E-state index is -0.846. The second-order valence-electron chi connectivity index (χ2n) is 11.8. The molecule has 3 saturated heterocycles. The number of nitrogens with two attached hydrogens (primary N) is 1. The number of aromatic nitrogens is 4. The van der Waals surface area contributed by atoms with Gasteiger partial charge in [0.15, 0.2) is 0 Å². The number of thiophene rings is 1. The molecule has 2 unspecified atom stereocenters. The predicted molar refractivity (Wildman–Crippen MR) is 158 cm³/mol. The monoisotopic (exact) mass is 610 g/mol. The van der Waals surface area contributed by atoms with Crippen molar-refractivity contribution < 1.29 is 19.1 Å².